The summed E-state index contributed by atoms with van der Waals surface area (Å²) < 4.78 is 11.4. The molecule has 0 radical (unpaired) electrons. The highest BCUT2D eigenvalue weighted by molar-refractivity contribution is 5.40. The Morgan fingerprint density at radius 2 is 2.06 bits per heavy atom. The Hall–Kier alpha value is -1.22. The molecule has 1 saturated carbocycles. The molecule has 1 aromatic carbocycles. The molecular weight excluding hydrogens is 226 g/mol. The lowest BCUT2D eigenvalue weighted by Gasteiger charge is -2.30. The first-order valence-corrected chi connectivity index (χ1v) is 6.78. The van der Waals surface area contributed by atoms with Crippen LogP contribution in [0.25, 0.3) is 0 Å². The van der Waals surface area contributed by atoms with Crippen LogP contribution in [0, 0.1) is 5.92 Å². The van der Waals surface area contributed by atoms with Gasteiger partial charge in [-0.3, -0.25) is 0 Å². The molecule has 2 atom stereocenters. The summed E-state index contributed by atoms with van der Waals surface area (Å²) in [4.78, 5) is 0. The lowest BCUT2D eigenvalue weighted by Crippen LogP contribution is -2.28. The number of rotatable bonds is 4. The Labute approximate surface area is 109 Å². The van der Waals surface area contributed by atoms with Crippen LogP contribution in [0.5, 0.6) is 11.5 Å². The third kappa shape index (κ3) is 2.96. The van der Waals surface area contributed by atoms with E-state index in [1.165, 1.54) is 19.3 Å². The number of methoxy groups -OCH3 is 1. The van der Waals surface area contributed by atoms with Crippen molar-refractivity contribution in [2.45, 2.75) is 45.3 Å². The molecule has 1 aromatic rings. The van der Waals surface area contributed by atoms with Crippen LogP contribution in [0.4, 0.5) is 0 Å². The summed E-state index contributed by atoms with van der Waals surface area (Å²) in [6, 6.07) is 5.87. The molecule has 0 heterocycles. The molecule has 18 heavy (non-hydrogen) atoms. The van der Waals surface area contributed by atoms with Crippen LogP contribution in [0.15, 0.2) is 18.2 Å². The maximum Gasteiger partial charge on any atom is 0.127 e. The van der Waals surface area contributed by atoms with Gasteiger partial charge in [-0.2, -0.15) is 0 Å². The number of hydrogen-bond donors (Lipinski definition) is 1. The summed E-state index contributed by atoms with van der Waals surface area (Å²) in [7, 11) is 1.67. The fourth-order valence-corrected chi connectivity index (χ4v) is 2.56. The minimum absolute atomic E-state index is 0.316. The second kappa shape index (κ2) is 6.10. The summed E-state index contributed by atoms with van der Waals surface area (Å²) in [5.74, 6) is 2.33. The molecule has 0 amide bonds. The lowest BCUT2D eigenvalue weighted by molar-refractivity contribution is 0.101. The molecule has 1 fully saturated rings. The van der Waals surface area contributed by atoms with Gasteiger partial charge in [-0.15, -0.1) is 0 Å². The van der Waals surface area contributed by atoms with Crippen LogP contribution in [0.2, 0.25) is 0 Å². The van der Waals surface area contributed by atoms with Gasteiger partial charge >= 0.3 is 0 Å². The molecule has 3 nitrogen and oxygen atoms in total. The van der Waals surface area contributed by atoms with Gasteiger partial charge in [-0.25, -0.2) is 0 Å². The maximum absolute atomic E-state index is 6.17. The minimum atomic E-state index is 0.316. The van der Waals surface area contributed by atoms with Gasteiger partial charge < -0.3 is 15.2 Å². The molecular formula is C15H23NO2. The number of ether oxygens (including phenoxy) is 2. The highest BCUT2D eigenvalue weighted by atomic mass is 16.5. The van der Waals surface area contributed by atoms with E-state index in [9.17, 15) is 0 Å². The van der Waals surface area contributed by atoms with Crippen LogP contribution < -0.4 is 15.2 Å². The van der Waals surface area contributed by atoms with Crippen LogP contribution in [-0.2, 0) is 6.54 Å². The van der Waals surface area contributed by atoms with Gasteiger partial charge in [0.2, 0.25) is 0 Å². The first-order valence-electron chi connectivity index (χ1n) is 6.78. The zero-order chi connectivity index (χ0) is 13.0. The van der Waals surface area contributed by atoms with Gasteiger partial charge in [0.15, 0.2) is 0 Å². The lowest BCUT2D eigenvalue weighted by atomic mass is 9.88. The third-order valence-electron chi connectivity index (χ3n) is 3.81. The average Bonchev–Trinajstić information content (AvgIpc) is 2.41. The molecule has 1 aliphatic rings. The van der Waals surface area contributed by atoms with Crippen molar-refractivity contribution in [1.29, 1.82) is 0 Å². The zero-order valence-electron chi connectivity index (χ0n) is 11.3. The molecule has 0 aromatic heterocycles. The SMILES string of the molecule is COc1ccc(CN)c(OC2CCCCC2C)c1. The van der Waals surface area contributed by atoms with Gasteiger partial charge in [0.05, 0.1) is 7.11 Å². The summed E-state index contributed by atoms with van der Waals surface area (Å²) in [6.45, 7) is 2.77. The second-order valence-electron chi connectivity index (χ2n) is 5.10. The van der Waals surface area contributed by atoms with E-state index in [0.29, 0.717) is 18.6 Å². The standard InChI is InChI=1S/C15H23NO2/c1-11-5-3-4-6-14(11)18-15-9-13(17-2)8-7-12(15)10-16/h7-9,11,14H,3-6,10,16H2,1-2H3. The predicted molar refractivity (Wildman–Crippen MR) is 72.9 cm³/mol. The molecule has 2 unspecified atom stereocenters. The summed E-state index contributed by atoms with van der Waals surface area (Å²) in [6.07, 6.45) is 5.30. The molecule has 0 bridgehead atoms. The molecule has 0 aliphatic heterocycles. The Morgan fingerprint density at radius 1 is 1.28 bits per heavy atom. The van der Waals surface area contributed by atoms with E-state index in [1.807, 2.05) is 18.2 Å². The highest BCUT2D eigenvalue weighted by Gasteiger charge is 2.23. The van der Waals surface area contributed by atoms with E-state index >= 15 is 0 Å². The molecule has 0 saturated heterocycles. The minimum Gasteiger partial charge on any atom is -0.497 e. The summed E-state index contributed by atoms with van der Waals surface area (Å²) >= 11 is 0. The molecule has 2 N–H and O–H groups in total. The number of hydrogen-bond acceptors (Lipinski definition) is 3. The van der Waals surface area contributed by atoms with E-state index < -0.39 is 0 Å². The van der Waals surface area contributed by atoms with Crippen LogP contribution in [-0.4, -0.2) is 13.2 Å². The van der Waals surface area contributed by atoms with Crippen molar-refractivity contribution in [1.82, 2.24) is 0 Å². The van der Waals surface area contributed by atoms with Crippen molar-refractivity contribution in [3.8, 4) is 11.5 Å². The van der Waals surface area contributed by atoms with E-state index in [-0.39, 0.29) is 0 Å². The topological polar surface area (TPSA) is 44.5 Å². The molecule has 0 spiro atoms. The quantitative estimate of drug-likeness (QED) is 0.891. The number of benzene rings is 1. The van der Waals surface area contributed by atoms with E-state index in [0.717, 1.165) is 23.5 Å². The molecule has 3 heteroatoms. The first-order chi connectivity index (χ1) is 8.74. The van der Waals surface area contributed by atoms with Crippen LogP contribution in [0.3, 0.4) is 0 Å². The predicted octanol–water partition coefficient (Wildman–Crippen LogP) is 3.11. The molecule has 100 valence electrons. The largest absolute Gasteiger partial charge is 0.497 e. The Kier molecular flexibility index (Phi) is 4.48. The van der Waals surface area contributed by atoms with Crippen molar-refractivity contribution in [2.75, 3.05) is 7.11 Å². The van der Waals surface area contributed by atoms with Crippen molar-refractivity contribution in [3.05, 3.63) is 23.8 Å². The number of nitrogens with two attached hydrogens (primary N) is 1. The second-order valence-corrected chi connectivity index (χ2v) is 5.10. The van der Waals surface area contributed by atoms with E-state index in [4.69, 9.17) is 15.2 Å². The van der Waals surface area contributed by atoms with E-state index in [1.54, 1.807) is 7.11 Å². The smallest absolute Gasteiger partial charge is 0.127 e. The third-order valence-corrected chi connectivity index (χ3v) is 3.81. The van der Waals surface area contributed by atoms with Gasteiger partial charge in [-0.05, 0) is 31.2 Å². The van der Waals surface area contributed by atoms with Gasteiger partial charge in [0.1, 0.15) is 17.6 Å². The van der Waals surface area contributed by atoms with E-state index in [2.05, 4.69) is 6.92 Å². The van der Waals surface area contributed by atoms with Gasteiger partial charge in [0, 0.05) is 18.2 Å². The summed E-state index contributed by atoms with van der Waals surface area (Å²) in [5.41, 5.74) is 6.81. The van der Waals surface area contributed by atoms with Gasteiger partial charge in [0.25, 0.3) is 0 Å². The maximum atomic E-state index is 6.17. The average molecular weight is 249 g/mol. The van der Waals surface area contributed by atoms with Crippen LogP contribution >= 0.6 is 0 Å². The first kappa shape index (κ1) is 13.2. The molecule has 2 rings (SSSR count). The fraction of sp³-hybridized carbons (Fsp3) is 0.600. The van der Waals surface area contributed by atoms with Crippen LogP contribution in [0.1, 0.15) is 38.2 Å². The highest BCUT2D eigenvalue weighted by Crippen LogP contribution is 2.31. The van der Waals surface area contributed by atoms with Crippen molar-refractivity contribution in [3.63, 3.8) is 0 Å². The van der Waals surface area contributed by atoms with Crippen molar-refractivity contribution in [2.24, 2.45) is 11.7 Å². The summed E-state index contributed by atoms with van der Waals surface area (Å²) in [5, 5.41) is 0. The van der Waals surface area contributed by atoms with Gasteiger partial charge in [-0.1, -0.05) is 19.4 Å². The Balaban J connectivity index is 2.15. The molecule has 1 aliphatic carbocycles. The van der Waals surface area contributed by atoms with Crippen molar-refractivity contribution < 1.29 is 9.47 Å². The Bertz CT molecular complexity index is 392. The van der Waals surface area contributed by atoms with Crippen molar-refractivity contribution >= 4 is 0 Å². The Morgan fingerprint density at radius 3 is 2.72 bits per heavy atom. The monoisotopic (exact) mass is 249 g/mol. The normalized spacial score (nSPS) is 23.7. The fourth-order valence-electron chi connectivity index (χ4n) is 2.56. The zero-order valence-corrected chi connectivity index (χ0v) is 11.3.